The Bertz CT molecular complexity index is 1000. The molecule has 0 unspecified atom stereocenters. The van der Waals surface area contributed by atoms with Crippen molar-refractivity contribution in [3.8, 4) is 0 Å². The van der Waals surface area contributed by atoms with E-state index in [4.69, 9.17) is 5.73 Å². The van der Waals surface area contributed by atoms with Gasteiger partial charge in [-0.05, 0) is 34.4 Å². The molecule has 0 fully saturated rings. The number of nitrogens with zero attached hydrogens (tertiary/aromatic N) is 1. The van der Waals surface area contributed by atoms with E-state index in [1.165, 1.54) is 21.5 Å². The highest BCUT2D eigenvalue weighted by Gasteiger charge is 2.12. The van der Waals surface area contributed by atoms with Crippen LogP contribution in [0.2, 0.25) is 0 Å². The smallest absolute Gasteiger partial charge is 0.0721 e. The first-order valence-electron chi connectivity index (χ1n) is 7.74. The molecule has 4 rings (SSSR count). The molecular weight excluding hydrogens is 280 g/mol. The maximum Gasteiger partial charge on any atom is 0.0721 e. The van der Waals surface area contributed by atoms with Gasteiger partial charge in [0, 0.05) is 18.1 Å². The number of hydrogen-bond donors (Lipinski definition) is 1. The van der Waals surface area contributed by atoms with E-state index in [1.807, 2.05) is 6.07 Å². The maximum absolute atomic E-state index is 6.30. The van der Waals surface area contributed by atoms with E-state index in [0.29, 0.717) is 0 Å². The molecule has 4 aromatic carbocycles. The highest BCUT2D eigenvalue weighted by molar-refractivity contribution is 6.02. The van der Waals surface area contributed by atoms with Gasteiger partial charge in [0.05, 0.1) is 11.4 Å². The second-order valence-electron chi connectivity index (χ2n) is 5.82. The van der Waals surface area contributed by atoms with Crippen molar-refractivity contribution >= 4 is 38.6 Å². The summed E-state index contributed by atoms with van der Waals surface area (Å²) in [6.07, 6.45) is 0. The Morgan fingerprint density at radius 3 is 2.17 bits per heavy atom. The van der Waals surface area contributed by atoms with Crippen LogP contribution in [0, 0.1) is 0 Å². The summed E-state index contributed by atoms with van der Waals surface area (Å²) >= 11 is 0. The van der Waals surface area contributed by atoms with E-state index < -0.39 is 0 Å². The van der Waals surface area contributed by atoms with Gasteiger partial charge in [0.1, 0.15) is 0 Å². The molecule has 0 bridgehead atoms. The molecular formula is C21H18N2. The van der Waals surface area contributed by atoms with Crippen molar-refractivity contribution < 1.29 is 0 Å². The van der Waals surface area contributed by atoms with E-state index in [-0.39, 0.29) is 0 Å². The summed E-state index contributed by atoms with van der Waals surface area (Å²) in [5.74, 6) is 0. The number of nitrogens with two attached hydrogens (primary N) is 1. The lowest BCUT2D eigenvalue weighted by atomic mass is 10.1. The van der Waals surface area contributed by atoms with Gasteiger partial charge >= 0.3 is 0 Å². The monoisotopic (exact) mass is 298 g/mol. The molecule has 0 amide bonds. The van der Waals surface area contributed by atoms with E-state index in [0.717, 1.165) is 17.1 Å². The third kappa shape index (κ3) is 2.29. The van der Waals surface area contributed by atoms with Crippen molar-refractivity contribution in [2.24, 2.45) is 0 Å². The summed E-state index contributed by atoms with van der Waals surface area (Å²) in [5.41, 5.74) is 9.27. The van der Waals surface area contributed by atoms with E-state index in [2.05, 4.69) is 84.7 Å². The Labute approximate surface area is 135 Å². The quantitative estimate of drug-likeness (QED) is 0.506. The van der Waals surface area contributed by atoms with Gasteiger partial charge in [-0.15, -0.1) is 0 Å². The largest absolute Gasteiger partial charge is 0.397 e. The Morgan fingerprint density at radius 1 is 0.696 bits per heavy atom. The lowest BCUT2D eigenvalue weighted by molar-refractivity contribution is 1.23. The number of anilines is 3. The molecule has 4 aromatic rings. The standard InChI is InChI=1S/C21H18N2/c1-23(18-12-10-15-6-2-3-8-17(15)14-18)21-19-9-5-4-7-16(19)11-13-20(21)22/h2-14H,22H2,1H3. The molecule has 0 radical (unpaired) electrons. The molecule has 0 atom stereocenters. The van der Waals surface area contributed by atoms with Crippen molar-refractivity contribution in [2.75, 3.05) is 17.7 Å². The van der Waals surface area contributed by atoms with Crippen molar-refractivity contribution in [1.29, 1.82) is 0 Å². The fourth-order valence-electron chi connectivity index (χ4n) is 3.16. The minimum atomic E-state index is 0.791. The van der Waals surface area contributed by atoms with E-state index in [9.17, 15) is 0 Å². The lowest BCUT2D eigenvalue weighted by Gasteiger charge is -2.23. The molecule has 0 aliphatic carbocycles. The first-order chi connectivity index (χ1) is 11.2. The third-order valence-corrected chi connectivity index (χ3v) is 4.39. The maximum atomic E-state index is 6.30. The number of nitrogen functional groups attached to an aromatic ring is 1. The van der Waals surface area contributed by atoms with Crippen molar-refractivity contribution in [3.63, 3.8) is 0 Å². The minimum absolute atomic E-state index is 0.791. The summed E-state index contributed by atoms with van der Waals surface area (Å²) in [5, 5.41) is 4.85. The van der Waals surface area contributed by atoms with Crippen LogP contribution in [0.4, 0.5) is 17.1 Å². The second kappa shape index (κ2) is 5.33. The molecule has 0 saturated carbocycles. The highest BCUT2D eigenvalue weighted by atomic mass is 15.1. The number of benzene rings is 4. The first-order valence-corrected chi connectivity index (χ1v) is 7.74. The molecule has 0 heterocycles. The lowest BCUT2D eigenvalue weighted by Crippen LogP contribution is -2.12. The van der Waals surface area contributed by atoms with Crippen LogP contribution in [-0.4, -0.2) is 7.05 Å². The number of rotatable bonds is 2. The van der Waals surface area contributed by atoms with Gasteiger partial charge in [0.25, 0.3) is 0 Å². The molecule has 0 aliphatic heterocycles. The van der Waals surface area contributed by atoms with Crippen molar-refractivity contribution in [1.82, 2.24) is 0 Å². The molecule has 0 saturated heterocycles. The summed E-state index contributed by atoms with van der Waals surface area (Å²) in [7, 11) is 2.07. The zero-order valence-corrected chi connectivity index (χ0v) is 13.0. The Balaban J connectivity index is 1.90. The molecule has 0 aromatic heterocycles. The molecule has 112 valence electrons. The zero-order chi connectivity index (χ0) is 15.8. The van der Waals surface area contributed by atoms with Crippen LogP contribution >= 0.6 is 0 Å². The summed E-state index contributed by atoms with van der Waals surface area (Å²) in [6, 6.07) is 27.3. The Hall–Kier alpha value is -3.00. The van der Waals surface area contributed by atoms with Gasteiger partial charge in [-0.2, -0.15) is 0 Å². The highest BCUT2D eigenvalue weighted by Crippen LogP contribution is 2.36. The van der Waals surface area contributed by atoms with Crippen LogP contribution in [-0.2, 0) is 0 Å². The van der Waals surface area contributed by atoms with Crippen molar-refractivity contribution in [3.05, 3.63) is 78.9 Å². The summed E-state index contributed by atoms with van der Waals surface area (Å²) in [4.78, 5) is 2.17. The van der Waals surface area contributed by atoms with Gasteiger partial charge in [-0.25, -0.2) is 0 Å². The minimum Gasteiger partial charge on any atom is -0.397 e. The van der Waals surface area contributed by atoms with Crippen LogP contribution < -0.4 is 10.6 Å². The van der Waals surface area contributed by atoms with Crippen LogP contribution in [0.1, 0.15) is 0 Å². The average molecular weight is 298 g/mol. The van der Waals surface area contributed by atoms with Gasteiger partial charge in [-0.1, -0.05) is 60.7 Å². The SMILES string of the molecule is CN(c1ccc2ccccc2c1)c1c(N)ccc2ccccc12. The van der Waals surface area contributed by atoms with Gasteiger partial charge in [0.15, 0.2) is 0 Å². The molecule has 23 heavy (non-hydrogen) atoms. The van der Waals surface area contributed by atoms with E-state index in [1.54, 1.807) is 0 Å². The first kappa shape index (κ1) is 13.6. The summed E-state index contributed by atoms with van der Waals surface area (Å²) in [6.45, 7) is 0. The van der Waals surface area contributed by atoms with Gasteiger partial charge in [0.2, 0.25) is 0 Å². The van der Waals surface area contributed by atoms with Crippen LogP contribution in [0.15, 0.2) is 78.9 Å². The summed E-state index contributed by atoms with van der Waals surface area (Å²) < 4.78 is 0. The molecule has 0 spiro atoms. The Kier molecular flexibility index (Phi) is 3.16. The molecule has 2 nitrogen and oxygen atoms in total. The van der Waals surface area contributed by atoms with Crippen LogP contribution in [0.3, 0.4) is 0 Å². The zero-order valence-electron chi connectivity index (χ0n) is 13.0. The predicted octanol–water partition coefficient (Wildman–Crippen LogP) is 5.34. The third-order valence-electron chi connectivity index (χ3n) is 4.39. The normalized spacial score (nSPS) is 11.0. The second-order valence-corrected chi connectivity index (χ2v) is 5.82. The van der Waals surface area contributed by atoms with Crippen LogP contribution in [0.25, 0.3) is 21.5 Å². The molecule has 2 heteroatoms. The fraction of sp³-hybridized carbons (Fsp3) is 0.0476. The van der Waals surface area contributed by atoms with E-state index >= 15 is 0 Å². The van der Waals surface area contributed by atoms with Crippen molar-refractivity contribution in [2.45, 2.75) is 0 Å². The number of hydrogen-bond acceptors (Lipinski definition) is 2. The predicted molar refractivity (Wildman–Crippen MR) is 100 cm³/mol. The van der Waals surface area contributed by atoms with Gasteiger partial charge in [-0.3, -0.25) is 0 Å². The number of fused-ring (bicyclic) bond motifs is 2. The van der Waals surface area contributed by atoms with Crippen LogP contribution in [0.5, 0.6) is 0 Å². The topological polar surface area (TPSA) is 29.3 Å². The molecule has 2 N–H and O–H groups in total. The fourth-order valence-corrected chi connectivity index (χ4v) is 3.16. The Morgan fingerprint density at radius 2 is 1.35 bits per heavy atom. The van der Waals surface area contributed by atoms with Gasteiger partial charge < -0.3 is 10.6 Å². The average Bonchev–Trinajstić information content (AvgIpc) is 2.60. The molecule has 0 aliphatic rings.